The van der Waals surface area contributed by atoms with Gasteiger partial charge in [0.05, 0.1) is 6.04 Å². The number of carbonyl (C=O) groups excluding carboxylic acids is 1. The van der Waals surface area contributed by atoms with Crippen molar-refractivity contribution in [1.29, 1.82) is 0 Å². The number of ketones is 1. The van der Waals surface area contributed by atoms with Gasteiger partial charge in [-0.3, -0.25) is 4.79 Å². The Hall–Kier alpha value is -0.340. The maximum Gasteiger partial charge on any atom is 0.150 e. The third-order valence-electron chi connectivity index (χ3n) is 2.04. The molecule has 1 rings (SSSR count). The molecule has 1 N–H and O–H groups in total. The molecule has 1 unspecified atom stereocenters. The van der Waals surface area contributed by atoms with Crippen LogP contribution in [0.5, 0.6) is 0 Å². The van der Waals surface area contributed by atoms with Gasteiger partial charge in [-0.25, -0.2) is 0 Å². The van der Waals surface area contributed by atoms with E-state index in [-0.39, 0.29) is 18.4 Å². The van der Waals surface area contributed by atoms with E-state index in [2.05, 4.69) is 11.9 Å². The number of nitrogens with one attached hydrogen (secondary N) is 1. The van der Waals surface area contributed by atoms with Gasteiger partial charge in [0.2, 0.25) is 0 Å². The second-order valence-corrected chi connectivity index (χ2v) is 2.94. The van der Waals surface area contributed by atoms with Gasteiger partial charge in [0.25, 0.3) is 0 Å². The lowest BCUT2D eigenvalue weighted by atomic mass is 10.1. The molecule has 1 saturated heterocycles. The Labute approximate surface area is 79.8 Å². The zero-order valence-electron chi connectivity index (χ0n) is 7.21. The molecule has 0 aromatic heterocycles. The summed E-state index contributed by atoms with van der Waals surface area (Å²) in [6, 6.07) is 0.148. The summed E-state index contributed by atoms with van der Waals surface area (Å²) in [6.45, 7) is 4.59. The summed E-state index contributed by atoms with van der Waals surface area (Å²) < 4.78 is 0. The Morgan fingerprint density at radius 3 is 2.92 bits per heavy atom. The van der Waals surface area contributed by atoms with Crippen molar-refractivity contribution < 1.29 is 4.79 Å². The first-order chi connectivity index (χ1) is 5.34. The smallest absolute Gasteiger partial charge is 0.150 e. The molecule has 0 aliphatic carbocycles. The fourth-order valence-corrected chi connectivity index (χ4v) is 1.38. The van der Waals surface area contributed by atoms with Crippen LogP contribution in [0.1, 0.15) is 25.7 Å². The highest BCUT2D eigenvalue weighted by molar-refractivity contribution is 5.85. The average molecular weight is 190 g/mol. The number of carbonyl (C=O) groups is 1. The minimum atomic E-state index is 0. The molecule has 1 heterocycles. The quantitative estimate of drug-likeness (QED) is 0.683. The topological polar surface area (TPSA) is 29.1 Å². The molecule has 12 heavy (non-hydrogen) atoms. The number of hydrogen-bond donors (Lipinski definition) is 1. The van der Waals surface area contributed by atoms with E-state index < -0.39 is 0 Å². The number of halogens is 1. The molecule has 2 nitrogen and oxygen atoms in total. The SMILES string of the molecule is C=CCCC(=O)C1CCCN1.Cl. The van der Waals surface area contributed by atoms with Crippen LogP contribution < -0.4 is 5.32 Å². The molecule has 3 heteroatoms. The third kappa shape index (κ3) is 3.37. The number of rotatable bonds is 4. The first kappa shape index (κ1) is 11.7. The van der Waals surface area contributed by atoms with Gasteiger partial charge in [-0.1, -0.05) is 6.08 Å². The third-order valence-corrected chi connectivity index (χ3v) is 2.04. The normalized spacial score (nSPS) is 21.5. The van der Waals surface area contributed by atoms with Gasteiger partial charge in [-0.15, -0.1) is 19.0 Å². The molecular formula is C9H16ClNO. The summed E-state index contributed by atoms with van der Waals surface area (Å²) >= 11 is 0. The van der Waals surface area contributed by atoms with Crippen molar-refractivity contribution in [2.24, 2.45) is 0 Å². The molecule has 1 atom stereocenters. The zero-order chi connectivity index (χ0) is 8.10. The fraction of sp³-hybridized carbons (Fsp3) is 0.667. The lowest BCUT2D eigenvalue weighted by Gasteiger charge is -2.06. The van der Waals surface area contributed by atoms with Crippen LogP contribution in [-0.2, 0) is 4.79 Å². The number of Topliss-reactive ketones (excluding diaryl/α,β-unsaturated/α-hetero) is 1. The number of hydrogen-bond acceptors (Lipinski definition) is 2. The first-order valence-corrected chi connectivity index (χ1v) is 4.21. The number of allylic oxidation sites excluding steroid dienone is 1. The van der Waals surface area contributed by atoms with Gasteiger partial charge in [0.1, 0.15) is 5.78 Å². The van der Waals surface area contributed by atoms with Crippen molar-refractivity contribution in [3.63, 3.8) is 0 Å². The molecule has 70 valence electrons. The molecule has 1 aliphatic rings. The molecule has 0 aromatic carbocycles. The minimum absolute atomic E-state index is 0. The van der Waals surface area contributed by atoms with E-state index in [0.29, 0.717) is 12.2 Å². The summed E-state index contributed by atoms with van der Waals surface area (Å²) in [7, 11) is 0. The molecule has 0 amide bonds. The van der Waals surface area contributed by atoms with E-state index >= 15 is 0 Å². The van der Waals surface area contributed by atoms with E-state index in [1.807, 2.05) is 0 Å². The van der Waals surface area contributed by atoms with Crippen LogP contribution in [0.15, 0.2) is 12.7 Å². The molecule has 1 fully saturated rings. The van der Waals surface area contributed by atoms with Gasteiger partial charge in [-0.2, -0.15) is 0 Å². The van der Waals surface area contributed by atoms with E-state index in [0.717, 1.165) is 25.8 Å². The predicted octanol–water partition coefficient (Wildman–Crippen LogP) is 1.70. The van der Waals surface area contributed by atoms with Gasteiger partial charge in [0, 0.05) is 6.42 Å². The van der Waals surface area contributed by atoms with Gasteiger partial charge >= 0.3 is 0 Å². The Balaban J connectivity index is 0.00000121. The second-order valence-electron chi connectivity index (χ2n) is 2.94. The van der Waals surface area contributed by atoms with Crippen LogP contribution in [0.2, 0.25) is 0 Å². The molecule has 1 aliphatic heterocycles. The van der Waals surface area contributed by atoms with Crippen molar-refractivity contribution in [3.05, 3.63) is 12.7 Å². The summed E-state index contributed by atoms with van der Waals surface area (Å²) in [5.41, 5.74) is 0. The van der Waals surface area contributed by atoms with E-state index in [1.54, 1.807) is 6.08 Å². The Bertz CT molecular complexity index is 153. The van der Waals surface area contributed by atoms with Crippen molar-refractivity contribution in [1.82, 2.24) is 5.32 Å². The van der Waals surface area contributed by atoms with Crippen molar-refractivity contribution in [2.75, 3.05) is 6.54 Å². The molecule has 0 bridgehead atoms. The monoisotopic (exact) mass is 189 g/mol. The van der Waals surface area contributed by atoms with E-state index in [9.17, 15) is 4.79 Å². The minimum Gasteiger partial charge on any atom is -0.307 e. The van der Waals surface area contributed by atoms with Crippen LogP contribution in [0.25, 0.3) is 0 Å². The zero-order valence-corrected chi connectivity index (χ0v) is 8.03. The maximum absolute atomic E-state index is 11.3. The molecule has 0 radical (unpaired) electrons. The van der Waals surface area contributed by atoms with Crippen LogP contribution in [0.4, 0.5) is 0 Å². The van der Waals surface area contributed by atoms with E-state index in [4.69, 9.17) is 0 Å². The molecule has 0 spiro atoms. The second kappa shape index (κ2) is 6.21. The lowest BCUT2D eigenvalue weighted by molar-refractivity contribution is -0.120. The maximum atomic E-state index is 11.3. The Kier molecular flexibility index (Phi) is 6.03. The average Bonchev–Trinajstić information content (AvgIpc) is 2.52. The van der Waals surface area contributed by atoms with Crippen LogP contribution >= 0.6 is 12.4 Å². The van der Waals surface area contributed by atoms with Gasteiger partial charge in [-0.05, 0) is 25.8 Å². The predicted molar refractivity (Wildman–Crippen MR) is 52.7 cm³/mol. The van der Waals surface area contributed by atoms with Crippen molar-refractivity contribution >= 4 is 18.2 Å². The molecule has 0 saturated carbocycles. The van der Waals surface area contributed by atoms with Crippen LogP contribution in [0.3, 0.4) is 0 Å². The van der Waals surface area contributed by atoms with Crippen molar-refractivity contribution in [2.45, 2.75) is 31.7 Å². The summed E-state index contributed by atoms with van der Waals surface area (Å²) in [5, 5.41) is 3.18. The van der Waals surface area contributed by atoms with E-state index in [1.165, 1.54) is 0 Å². The summed E-state index contributed by atoms with van der Waals surface area (Å²) in [5.74, 6) is 0.349. The first-order valence-electron chi connectivity index (χ1n) is 4.21. The summed E-state index contributed by atoms with van der Waals surface area (Å²) in [6.07, 6.45) is 5.44. The fourth-order valence-electron chi connectivity index (χ4n) is 1.38. The van der Waals surface area contributed by atoms with Crippen LogP contribution in [-0.4, -0.2) is 18.4 Å². The van der Waals surface area contributed by atoms with Crippen LogP contribution in [0, 0.1) is 0 Å². The highest BCUT2D eigenvalue weighted by atomic mass is 35.5. The lowest BCUT2D eigenvalue weighted by Crippen LogP contribution is -2.30. The summed E-state index contributed by atoms with van der Waals surface area (Å²) in [4.78, 5) is 11.3. The highest BCUT2D eigenvalue weighted by Gasteiger charge is 2.20. The van der Waals surface area contributed by atoms with Crippen molar-refractivity contribution in [3.8, 4) is 0 Å². The Morgan fingerprint density at radius 2 is 2.42 bits per heavy atom. The molecule has 0 aromatic rings. The van der Waals surface area contributed by atoms with Gasteiger partial charge in [0.15, 0.2) is 0 Å². The molecular weight excluding hydrogens is 174 g/mol. The highest BCUT2D eigenvalue weighted by Crippen LogP contribution is 2.08. The van der Waals surface area contributed by atoms with Gasteiger partial charge < -0.3 is 5.32 Å². The standard InChI is InChI=1S/C9H15NO.ClH/c1-2-3-6-9(11)8-5-4-7-10-8;/h2,8,10H,1,3-7H2;1H. The Morgan fingerprint density at radius 1 is 1.67 bits per heavy atom. The largest absolute Gasteiger partial charge is 0.307 e.